The Morgan fingerprint density at radius 1 is 1.25 bits per heavy atom. The Kier molecular flexibility index (Phi) is 4.87. The van der Waals surface area contributed by atoms with Crippen molar-refractivity contribution in [3.63, 3.8) is 0 Å². The molecule has 1 amide bonds. The number of carbonyl (C=O) groups is 1. The monoisotopic (exact) mass is 362 g/mol. The number of aliphatic imine (C=N–C) groups is 1. The lowest BCUT2D eigenvalue weighted by Crippen LogP contribution is -2.19. The molecule has 4 nitrogen and oxygen atoms in total. The van der Waals surface area contributed by atoms with Crippen LogP contribution in [0.5, 0.6) is 5.75 Å². The SMILES string of the molecule is COc1ccc(Cl)cc1/C=C1\SC(=Nc2ccc(F)cc2)NC1=O. The lowest BCUT2D eigenvalue weighted by molar-refractivity contribution is -0.115. The Balaban J connectivity index is 1.87. The minimum absolute atomic E-state index is 0.261. The molecule has 0 bridgehead atoms. The zero-order valence-corrected chi connectivity index (χ0v) is 14.1. The number of hydrogen-bond acceptors (Lipinski definition) is 4. The summed E-state index contributed by atoms with van der Waals surface area (Å²) in [5.41, 5.74) is 1.26. The molecule has 1 saturated heterocycles. The number of amidine groups is 1. The highest BCUT2D eigenvalue weighted by molar-refractivity contribution is 8.18. The van der Waals surface area contributed by atoms with Gasteiger partial charge < -0.3 is 10.1 Å². The molecule has 2 aromatic carbocycles. The lowest BCUT2D eigenvalue weighted by atomic mass is 10.2. The van der Waals surface area contributed by atoms with E-state index in [0.717, 1.165) is 0 Å². The standard InChI is InChI=1S/C17H12ClFN2O2S/c1-23-14-7-2-11(18)8-10(14)9-15-16(22)21-17(24-15)20-13-5-3-12(19)4-6-13/h2-9H,1H3,(H,20,21,22)/b15-9-. The van der Waals surface area contributed by atoms with Crippen molar-refractivity contribution in [3.8, 4) is 5.75 Å². The molecule has 0 unspecified atom stereocenters. The lowest BCUT2D eigenvalue weighted by Gasteiger charge is -2.05. The molecule has 0 spiro atoms. The Hall–Kier alpha value is -2.31. The molecular formula is C17H12ClFN2O2S. The maximum Gasteiger partial charge on any atom is 0.264 e. The van der Waals surface area contributed by atoms with Crippen LogP contribution in [-0.4, -0.2) is 18.2 Å². The van der Waals surface area contributed by atoms with E-state index in [4.69, 9.17) is 16.3 Å². The molecule has 0 radical (unpaired) electrons. The Labute approximate surface area is 147 Å². The van der Waals surface area contributed by atoms with E-state index in [1.807, 2.05) is 0 Å². The number of carbonyl (C=O) groups excluding carboxylic acids is 1. The largest absolute Gasteiger partial charge is 0.496 e. The van der Waals surface area contributed by atoms with Gasteiger partial charge in [-0.3, -0.25) is 4.79 Å². The molecule has 2 aromatic rings. The minimum Gasteiger partial charge on any atom is -0.496 e. The fraction of sp³-hybridized carbons (Fsp3) is 0.0588. The van der Waals surface area contributed by atoms with Crippen molar-refractivity contribution in [2.45, 2.75) is 0 Å². The summed E-state index contributed by atoms with van der Waals surface area (Å²) in [4.78, 5) is 16.9. The molecule has 1 heterocycles. The van der Waals surface area contributed by atoms with Crippen LogP contribution in [-0.2, 0) is 4.79 Å². The first-order valence-corrected chi connectivity index (χ1v) is 8.13. The van der Waals surface area contributed by atoms with E-state index < -0.39 is 0 Å². The summed E-state index contributed by atoms with van der Waals surface area (Å²) in [5.74, 6) is 0.0165. The third kappa shape index (κ3) is 3.77. The summed E-state index contributed by atoms with van der Waals surface area (Å²) >= 11 is 7.19. The van der Waals surface area contributed by atoms with E-state index in [9.17, 15) is 9.18 Å². The van der Waals surface area contributed by atoms with Gasteiger partial charge in [-0.2, -0.15) is 0 Å². The van der Waals surface area contributed by atoms with Crippen molar-refractivity contribution in [1.29, 1.82) is 0 Å². The molecule has 0 aromatic heterocycles. The third-order valence-electron chi connectivity index (χ3n) is 3.19. The van der Waals surface area contributed by atoms with Crippen LogP contribution in [0, 0.1) is 5.82 Å². The van der Waals surface area contributed by atoms with Crippen molar-refractivity contribution in [3.05, 3.63) is 63.8 Å². The van der Waals surface area contributed by atoms with Gasteiger partial charge in [0.25, 0.3) is 5.91 Å². The predicted molar refractivity (Wildman–Crippen MR) is 95.2 cm³/mol. The second-order valence-corrected chi connectivity index (χ2v) is 6.31. The summed E-state index contributed by atoms with van der Waals surface area (Å²) in [7, 11) is 1.55. The van der Waals surface area contributed by atoms with Gasteiger partial charge in [0.1, 0.15) is 11.6 Å². The molecule has 0 aliphatic carbocycles. The van der Waals surface area contributed by atoms with E-state index in [-0.39, 0.29) is 11.7 Å². The van der Waals surface area contributed by atoms with Crippen molar-refractivity contribution >= 4 is 46.2 Å². The van der Waals surface area contributed by atoms with Crippen LogP contribution in [0.1, 0.15) is 5.56 Å². The molecule has 122 valence electrons. The van der Waals surface area contributed by atoms with Gasteiger partial charge in [0, 0.05) is 10.6 Å². The van der Waals surface area contributed by atoms with Gasteiger partial charge in [-0.05, 0) is 60.3 Å². The fourth-order valence-electron chi connectivity index (χ4n) is 2.07. The van der Waals surface area contributed by atoms with Gasteiger partial charge >= 0.3 is 0 Å². The zero-order valence-electron chi connectivity index (χ0n) is 12.5. The second-order valence-electron chi connectivity index (χ2n) is 4.84. The average Bonchev–Trinajstić information content (AvgIpc) is 2.89. The van der Waals surface area contributed by atoms with Gasteiger partial charge in [0.15, 0.2) is 5.17 Å². The summed E-state index contributed by atoms with van der Waals surface area (Å²) < 4.78 is 18.2. The number of benzene rings is 2. The number of methoxy groups -OCH3 is 1. The predicted octanol–water partition coefficient (Wildman–Crippen LogP) is 4.38. The molecule has 1 aliphatic rings. The number of thioether (sulfide) groups is 1. The van der Waals surface area contributed by atoms with Crippen molar-refractivity contribution in [2.24, 2.45) is 4.99 Å². The first-order valence-electron chi connectivity index (χ1n) is 6.94. The fourth-order valence-corrected chi connectivity index (χ4v) is 3.09. The smallest absolute Gasteiger partial charge is 0.264 e. The molecule has 0 atom stereocenters. The number of rotatable bonds is 3. The topological polar surface area (TPSA) is 50.7 Å². The van der Waals surface area contributed by atoms with Gasteiger partial charge in [0.05, 0.1) is 17.7 Å². The van der Waals surface area contributed by atoms with Gasteiger partial charge in [-0.25, -0.2) is 9.38 Å². The number of nitrogens with zero attached hydrogens (tertiary/aromatic N) is 1. The van der Waals surface area contributed by atoms with Crippen molar-refractivity contribution < 1.29 is 13.9 Å². The van der Waals surface area contributed by atoms with Gasteiger partial charge in [-0.1, -0.05) is 11.6 Å². The minimum atomic E-state index is -0.337. The second kappa shape index (κ2) is 7.07. The summed E-state index contributed by atoms with van der Waals surface area (Å²) in [6.45, 7) is 0. The molecule has 1 fully saturated rings. The van der Waals surface area contributed by atoms with Crippen LogP contribution in [0.3, 0.4) is 0 Å². The molecule has 24 heavy (non-hydrogen) atoms. The van der Waals surface area contributed by atoms with E-state index in [1.54, 1.807) is 31.4 Å². The van der Waals surface area contributed by atoms with Crippen LogP contribution in [0.15, 0.2) is 52.4 Å². The Bertz CT molecular complexity index is 850. The van der Waals surface area contributed by atoms with Crippen LogP contribution in [0.25, 0.3) is 6.08 Å². The summed E-state index contributed by atoms with van der Waals surface area (Å²) in [5, 5.41) is 3.65. The Morgan fingerprint density at radius 3 is 2.71 bits per heavy atom. The Morgan fingerprint density at radius 2 is 2.00 bits per heavy atom. The van der Waals surface area contributed by atoms with Crippen molar-refractivity contribution in [2.75, 3.05) is 7.11 Å². The number of halogens is 2. The maximum absolute atomic E-state index is 12.9. The summed E-state index contributed by atoms with van der Waals surface area (Å²) in [6, 6.07) is 10.9. The number of hydrogen-bond donors (Lipinski definition) is 1. The molecule has 0 saturated carbocycles. The zero-order chi connectivity index (χ0) is 17.1. The first-order chi connectivity index (χ1) is 11.5. The maximum atomic E-state index is 12.9. The first kappa shape index (κ1) is 16.5. The van der Waals surface area contributed by atoms with Gasteiger partial charge in [0.2, 0.25) is 0 Å². The highest BCUT2D eigenvalue weighted by Crippen LogP contribution is 2.31. The van der Waals surface area contributed by atoms with Gasteiger partial charge in [-0.15, -0.1) is 0 Å². The normalized spacial score (nSPS) is 17.4. The van der Waals surface area contributed by atoms with E-state index in [0.29, 0.717) is 32.1 Å². The highest BCUT2D eigenvalue weighted by atomic mass is 35.5. The highest BCUT2D eigenvalue weighted by Gasteiger charge is 2.24. The molecular weight excluding hydrogens is 351 g/mol. The van der Waals surface area contributed by atoms with Crippen LogP contribution in [0.4, 0.5) is 10.1 Å². The quantitative estimate of drug-likeness (QED) is 0.824. The molecule has 3 rings (SSSR count). The molecule has 7 heteroatoms. The average molecular weight is 363 g/mol. The van der Waals surface area contributed by atoms with Crippen LogP contribution in [0.2, 0.25) is 5.02 Å². The number of nitrogens with one attached hydrogen (secondary N) is 1. The molecule has 1 aliphatic heterocycles. The number of amides is 1. The number of ether oxygens (including phenoxy) is 1. The summed E-state index contributed by atoms with van der Waals surface area (Å²) in [6.07, 6.45) is 1.69. The van der Waals surface area contributed by atoms with E-state index in [1.165, 1.54) is 36.0 Å². The molecule has 1 N–H and O–H groups in total. The van der Waals surface area contributed by atoms with E-state index >= 15 is 0 Å². The van der Waals surface area contributed by atoms with Crippen LogP contribution < -0.4 is 10.1 Å². The van der Waals surface area contributed by atoms with Crippen molar-refractivity contribution in [1.82, 2.24) is 5.32 Å². The van der Waals surface area contributed by atoms with Crippen LogP contribution >= 0.6 is 23.4 Å². The van der Waals surface area contributed by atoms with E-state index in [2.05, 4.69) is 10.3 Å². The third-order valence-corrected chi connectivity index (χ3v) is 4.33.